The zero-order valence-corrected chi connectivity index (χ0v) is 8.58. The second-order valence-corrected chi connectivity index (χ2v) is 2.96. The van der Waals surface area contributed by atoms with Crippen molar-refractivity contribution in [3.05, 3.63) is 29.3 Å². The minimum Gasteiger partial charge on any atom is -0.493 e. The van der Waals surface area contributed by atoms with Gasteiger partial charge in [-0.25, -0.2) is 0 Å². The van der Waals surface area contributed by atoms with E-state index in [9.17, 15) is 13.2 Å². The van der Waals surface area contributed by atoms with Crippen molar-refractivity contribution in [2.45, 2.75) is 13.1 Å². The quantitative estimate of drug-likeness (QED) is 0.494. The van der Waals surface area contributed by atoms with Gasteiger partial charge in [-0.1, -0.05) is 0 Å². The Kier molecular flexibility index (Phi) is 3.76. The van der Waals surface area contributed by atoms with Crippen molar-refractivity contribution < 1.29 is 17.9 Å². The molecule has 88 valence electrons. The van der Waals surface area contributed by atoms with Gasteiger partial charge in [0.1, 0.15) is 5.75 Å². The summed E-state index contributed by atoms with van der Waals surface area (Å²) < 4.78 is 42.8. The monoisotopic (exact) mass is 232 g/mol. The molecular weight excluding hydrogens is 221 g/mol. The van der Waals surface area contributed by atoms with Crippen molar-refractivity contribution in [1.29, 1.82) is 0 Å². The molecular formula is C10H11F3N2O. The van der Waals surface area contributed by atoms with Crippen LogP contribution in [0.25, 0.3) is 0 Å². The Bertz CT molecular complexity index is 388. The van der Waals surface area contributed by atoms with Gasteiger partial charge in [-0.3, -0.25) is 0 Å². The predicted molar refractivity (Wildman–Crippen MR) is 54.4 cm³/mol. The van der Waals surface area contributed by atoms with Crippen LogP contribution in [0.15, 0.2) is 23.3 Å². The van der Waals surface area contributed by atoms with Gasteiger partial charge < -0.3 is 10.6 Å². The zero-order valence-electron chi connectivity index (χ0n) is 8.58. The van der Waals surface area contributed by atoms with Crippen LogP contribution in [0.5, 0.6) is 5.75 Å². The first kappa shape index (κ1) is 12.4. The van der Waals surface area contributed by atoms with E-state index in [-0.39, 0.29) is 17.9 Å². The molecule has 0 unspecified atom stereocenters. The zero-order chi connectivity index (χ0) is 12.2. The van der Waals surface area contributed by atoms with E-state index in [2.05, 4.69) is 5.10 Å². The number of nitrogens with zero attached hydrogens (tertiary/aromatic N) is 1. The van der Waals surface area contributed by atoms with Gasteiger partial charge in [0, 0.05) is 0 Å². The highest BCUT2D eigenvalue weighted by Crippen LogP contribution is 2.36. The summed E-state index contributed by atoms with van der Waals surface area (Å²) in [7, 11) is 0. The highest BCUT2D eigenvalue weighted by atomic mass is 19.4. The molecule has 2 N–H and O–H groups in total. The van der Waals surface area contributed by atoms with Gasteiger partial charge in [-0.15, -0.1) is 0 Å². The molecule has 1 rings (SSSR count). The maximum Gasteiger partial charge on any atom is 0.419 e. The largest absolute Gasteiger partial charge is 0.493 e. The average Bonchev–Trinajstić information content (AvgIpc) is 2.19. The summed E-state index contributed by atoms with van der Waals surface area (Å²) in [6, 6.07) is 3.65. The molecule has 0 heterocycles. The molecule has 1 aromatic rings. The first-order valence-corrected chi connectivity index (χ1v) is 4.56. The molecule has 16 heavy (non-hydrogen) atoms. The van der Waals surface area contributed by atoms with E-state index in [0.717, 1.165) is 12.3 Å². The minimum absolute atomic E-state index is 0.174. The molecule has 0 amide bonds. The summed E-state index contributed by atoms with van der Waals surface area (Å²) in [5.41, 5.74) is -0.551. The molecule has 6 heteroatoms. The van der Waals surface area contributed by atoms with Crippen LogP contribution < -0.4 is 10.6 Å². The summed E-state index contributed by atoms with van der Waals surface area (Å²) in [6.45, 7) is 1.79. The van der Waals surface area contributed by atoms with Crippen LogP contribution in [0.4, 0.5) is 13.2 Å². The fraction of sp³-hybridized carbons (Fsp3) is 0.300. The summed E-state index contributed by atoms with van der Waals surface area (Å²) in [5, 5.41) is 3.17. The maximum atomic E-state index is 12.6. The molecule has 0 aliphatic heterocycles. The van der Waals surface area contributed by atoms with Crippen LogP contribution >= 0.6 is 0 Å². The average molecular weight is 232 g/mol. The highest BCUT2D eigenvalue weighted by Gasteiger charge is 2.34. The number of benzene rings is 1. The van der Waals surface area contributed by atoms with Crippen molar-refractivity contribution in [3.63, 3.8) is 0 Å². The van der Waals surface area contributed by atoms with Gasteiger partial charge in [-0.05, 0) is 30.7 Å². The number of hydrogen-bond acceptors (Lipinski definition) is 3. The summed E-state index contributed by atoms with van der Waals surface area (Å²) >= 11 is 0. The van der Waals surface area contributed by atoms with Gasteiger partial charge in [0.05, 0.1) is 18.4 Å². The number of rotatable bonds is 3. The molecule has 0 aliphatic rings. The van der Waals surface area contributed by atoms with Crippen molar-refractivity contribution in [1.82, 2.24) is 0 Å². The van der Waals surface area contributed by atoms with E-state index < -0.39 is 11.7 Å². The van der Waals surface area contributed by atoms with E-state index in [0.29, 0.717) is 0 Å². The van der Waals surface area contributed by atoms with Gasteiger partial charge in [0.15, 0.2) is 0 Å². The molecule has 0 aromatic heterocycles. The first-order valence-electron chi connectivity index (χ1n) is 4.56. The lowest BCUT2D eigenvalue weighted by Gasteiger charge is -2.13. The molecule has 3 nitrogen and oxygen atoms in total. The lowest BCUT2D eigenvalue weighted by molar-refractivity contribution is -0.138. The molecule has 0 radical (unpaired) electrons. The molecule has 0 saturated carbocycles. The van der Waals surface area contributed by atoms with Crippen LogP contribution in [0.1, 0.15) is 18.1 Å². The highest BCUT2D eigenvalue weighted by molar-refractivity contribution is 5.80. The van der Waals surface area contributed by atoms with E-state index in [1.54, 1.807) is 6.92 Å². The Hall–Kier alpha value is -1.72. The molecule has 0 spiro atoms. The summed E-state index contributed by atoms with van der Waals surface area (Å²) in [6.07, 6.45) is -3.31. The lowest BCUT2D eigenvalue weighted by Crippen LogP contribution is -2.09. The van der Waals surface area contributed by atoms with Crippen LogP contribution in [0, 0.1) is 0 Å². The van der Waals surface area contributed by atoms with Crippen LogP contribution in [0.3, 0.4) is 0 Å². The molecule has 0 fully saturated rings. The van der Waals surface area contributed by atoms with Crippen molar-refractivity contribution in [2.24, 2.45) is 10.9 Å². The number of ether oxygens (including phenoxy) is 1. The lowest BCUT2D eigenvalue weighted by atomic mass is 10.1. The Morgan fingerprint density at radius 1 is 1.44 bits per heavy atom. The number of halogens is 3. The fourth-order valence-corrected chi connectivity index (χ4v) is 1.22. The van der Waals surface area contributed by atoms with Crippen molar-refractivity contribution >= 4 is 6.21 Å². The molecule has 1 aromatic carbocycles. The Labute approximate surface area is 90.7 Å². The van der Waals surface area contributed by atoms with E-state index in [4.69, 9.17) is 10.6 Å². The van der Waals surface area contributed by atoms with E-state index >= 15 is 0 Å². The topological polar surface area (TPSA) is 47.6 Å². The number of alkyl halides is 3. The Morgan fingerprint density at radius 3 is 2.62 bits per heavy atom. The maximum absolute atomic E-state index is 12.6. The third-order valence-corrected chi connectivity index (χ3v) is 1.83. The Morgan fingerprint density at radius 2 is 2.12 bits per heavy atom. The minimum atomic E-state index is -4.46. The van der Waals surface area contributed by atoms with Crippen LogP contribution in [-0.4, -0.2) is 12.8 Å². The molecule has 0 bridgehead atoms. The molecule has 0 saturated heterocycles. The second kappa shape index (κ2) is 4.87. The normalized spacial score (nSPS) is 12.0. The van der Waals surface area contributed by atoms with Gasteiger partial charge >= 0.3 is 6.18 Å². The van der Waals surface area contributed by atoms with Gasteiger partial charge in [0.25, 0.3) is 0 Å². The summed E-state index contributed by atoms with van der Waals surface area (Å²) in [5.74, 6) is 4.68. The predicted octanol–water partition coefficient (Wildman–Crippen LogP) is 2.40. The number of hydrogen-bond donors (Lipinski definition) is 1. The first-order chi connectivity index (χ1) is 7.49. The smallest absolute Gasteiger partial charge is 0.419 e. The van der Waals surface area contributed by atoms with Gasteiger partial charge in [0.2, 0.25) is 0 Å². The van der Waals surface area contributed by atoms with Crippen molar-refractivity contribution in [2.75, 3.05) is 6.61 Å². The third kappa shape index (κ3) is 2.88. The molecule has 0 aliphatic carbocycles. The van der Waals surface area contributed by atoms with Crippen LogP contribution in [0.2, 0.25) is 0 Å². The Balaban J connectivity index is 3.21. The fourth-order valence-electron chi connectivity index (χ4n) is 1.22. The SMILES string of the molecule is CCOc1ccc(C=NN)cc1C(F)(F)F. The third-order valence-electron chi connectivity index (χ3n) is 1.83. The van der Waals surface area contributed by atoms with Gasteiger partial charge in [-0.2, -0.15) is 18.3 Å². The number of hydrazone groups is 1. The number of nitrogens with two attached hydrogens (primary N) is 1. The van der Waals surface area contributed by atoms with Crippen molar-refractivity contribution in [3.8, 4) is 5.75 Å². The van der Waals surface area contributed by atoms with Crippen LogP contribution in [-0.2, 0) is 6.18 Å². The van der Waals surface area contributed by atoms with E-state index in [1.807, 2.05) is 0 Å². The van der Waals surface area contributed by atoms with E-state index in [1.165, 1.54) is 12.1 Å². The summed E-state index contributed by atoms with van der Waals surface area (Å²) in [4.78, 5) is 0. The second-order valence-electron chi connectivity index (χ2n) is 2.96. The molecule has 0 atom stereocenters. The standard InChI is InChI=1S/C10H11F3N2O/c1-2-16-9-4-3-7(6-15-14)5-8(9)10(11,12)13/h3-6H,2,14H2,1H3.